The first-order chi connectivity index (χ1) is 9.20. The molecule has 0 aliphatic carbocycles. The number of nitrogens with two attached hydrogens (primary N) is 1. The molecule has 0 radical (unpaired) electrons. The molecule has 100 valence electrons. The summed E-state index contributed by atoms with van der Waals surface area (Å²) in [5.74, 6) is 0.725. The lowest BCUT2D eigenvalue weighted by molar-refractivity contribution is 0.301. The first kappa shape index (κ1) is 13.4. The second kappa shape index (κ2) is 6.20. The Balaban J connectivity index is 2.24. The molecule has 1 aromatic carbocycles. The number of rotatable bonds is 5. The molecule has 0 saturated carbocycles. The highest BCUT2D eigenvalue weighted by Gasteiger charge is 2.11. The molecule has 2 aromatic rings. The fourth-order valence-corrected chi connectivity index (χ4v) is 2.03. The standard InChI is InChI=1S/C15H19N3O/c1-12-9-14(16)15(17-10-12)18(7-8-19)11-13-5-3-2-4-6-13/h2-6,9-10,19H,7-8,11,16H2,1H3. The van der Waals surface area contributed by atoms with E-state index in [1.165, 1.54) is 0 Å². The van der Waals surface area contributed by atoms with Gasteiger partial charge < -0.3 is 15.7 Å². The van der Waals surface area contributed by atoms with E-state index in [2.05, 4.69) is 17.1 Å². The number of nitrogens with zero attached hydrogens (tertiary/aromatic N) is 2. The lowest BCUT2D eigenvalue weighted by Gasteiger charge is -2.24. The molecule has 0 bridgehead atoms. The monoisotopic (exact) mass is 257 g/mol. The van der Waals surface area contributed by atoms with Gasteiger partial charge in [-0.15, -0.1) is 0 Å². The molecule has 0 fully saturated rings. The minimum absolute atomic E-state index is 0.0713. The van der Waals surface area contributed by atoms with E-state index in [1.807, 2.05) is 36.1 Å². The summed E-state index contributed by atoms with van der Waals surface area (Å²) in [5.41, 5.74) is 8.86. The Hall–Kier alpha value is -2.07. The van der Waals surface area contributed by atoms with Crippen molar-refractivity contribution < 1.29 is 5.11 Å². The number of aryl methyl sites for hydroxylation is 1. The van der Waals surface area contributed by atoms with Crippen LogP contribution in [0.4, 0.5) is 11.5 Å². The van der Waals surface area contributed by atoms with Crippen LogP contribution in [0.3, 0.4) is 0 Å². The Labute approximate surface area is 113 Å². The Kier molecular flexibility index (Phi) is 4.36. The predicted molar refractivity (Wildman–Crippen MR) is 78.0 cm³/mol. The van der Waals surface area contributed by atoms with Crippen molar-refractivity contribution in [2.45, 2.75) is 13.5 Å². The summed E-state index contributed by atoms with van der Waals surface area (Å²) in [6.07, 6.45) is 1.79. The summed E-state index contributed by atoms with van der Waals surface area (Å²) in [5, 5.41) is 9.21. The first-order valence-corrected chi connectivity index (χ1v) is 6.32. The Morgan fingerprint density at radius 3 is 2.63 bits per heavy atom. The van der Waals surface area contributed by atoms with E-state index >= 15 is 0 Å². The lowest BCUT2D eigenvalue weighted by atomic mass is 10.2. The highest BCUT2D eigenvalue weighted by atomic mass is 16.3. The average Bonchev–Trinajstić information content (AvgIpc) is 2.39. The van der Waals surface area contributed by atoms with Crippen LogP contribution >= 0.6 is 0 Å². The topological polar surface area (TPSA) is 62.4 Å². The number of pyridine rings is 1. The highest BCUT2D eigenvalue weighted by molar-refractivity contribution is 5.63. The van der Waals surface area contributed by atoms with Crippen LogP contribution in [0.2, 0.25) is 0 Å². The second-order valence-corrected chi connectivity index (χ2v) is 4.56. The summed E-state index contributed by atoms with van der Waals surface area (Å²) in [6, 6.07) is 12.0. The molecule has 0 atom stereocenters. The molecule has 4 nitrogen and oxygen atoms in total. The summed E-state index contributed by atoms with van der Waals surface area (Å²) < 4.78 is 0. The van der Waals surface area contributed by atoms with Gasteiger partial charge in [0.1, 0.15) is 0 Å². The summed E-state index contributed by atoms with van der Waals surface area (Å²) >= 11 is 0. The maximum Gasteiger partial charge on any atom is 0.152 e. The maximum absolute atomic E-state index is 9.21. The maximum atomic E-state index is 9.21. The number of benzene rings is 1. The van der Waals surface area contributed by atoms with E-state index in [0.29, 0.717) is 18.8 Å². The molecule has 0 amide bonds. The minimum Gasteiger partial charge on any atom is -0.396 e. The lowest BCUT2D eigenvalue weighted by Crippen LogP contribution is -2.27. The van der Waals surface area contributed by atoms with E-state index in [0.717, 1.165) is 16.9 Å². The molecule has 2 rings (SSSR count). The van der Waals surface area contributed by atoms with Crippen molar-refractivity contribution in [3.63, 3.8) is 0 Å². The number of nitrogen functional groups attached to an aromatic ring is 1. The van der Waals surface area contributed by atoms with Gasteiger partial charge in [0.2, 0.25) is 0 Å². The van der Waals surface area contributed by atoms with Crippen molar-refractivity contribution in [3.05, 3.63) is 53.7 Å². The number of hydrogen-bond donors (Lipinski definition) is 2. The Morgan fingerprint density at radius 2 is 2.00 bits per heavy atom. The van der Waals surface area contributed by atoms with E-state index in [1.54, 1.807) is 6.20 Å². The zero-order chi connectivity index (χ0) is 13.7. The fraction of sp³-hybridized carbons (Fsp3) is 0.267. The third-order valence-corrected chi connectivity index (χ3v) is 2.92. The van der Waals surface area contributed by atoms with Crippen molar-refractivity contribution in [1.29, 1.82) is 0 Å². The molecular formula is C15H19N3O. The van der Waals surface area contributed by atoms with Gasteiger partial charge in [0.15, 0.2) is 5.82 Å². The van der Waals surface area contributed by atoms with Gasteiger partial charge in [-0.05, 0) is 24.1 Å². The van der Waals surface area contributed by atoms with Gasteiger partial charge in [-0.1, -0.05) is 30.3 Å². The number of hydrogen-bond acceptors (Lipinski definition) is 4. The van der Waals surface area contributed by atoms with E-state index in [9.17, 15) is 5.11 Å². The Morgan fingerprint density at radius 1 is 1.26 bits per heavy atom. The van der Waals surface area contributed by atoms with Crippen LogP contribution in [0.15, 0.2) is 42.6 Å². The number of aliphatic hydroxyl groups is 1. The van der Waals surface area contributed by atoms with Crippen LogP contribution in [0.1, 0.15) is 11.1 Å². The van der Waals surface area contributed by atoms with Crippen molar-refractivity contribution in [1.82, 2.24) is 4.98 Å². The number of anilines is 2. The van der Waals surface area contributed by atoms with E-state index < -0.39 is 0 Å². The van der Waals surface area contributed by atoms with Crippen molar-refractivity contribution in [2.75, 3.05) is 23.8 Å². The molecule has 0 spiro atoms. The van der Waals surface area contributed by atoms with Crippen molar-refractivity contribution in [2.24, 2.45) is 0 Å². The van der Waals surface area contributed by atoms with Crippen LogP contribution in [0.25, 0.3) is 0 Å². The normalized spacial score (nSPS) is 10.4. The molecule has 0 saturated heterocycles. The van der Waals surface area contributed by atoms with Gasteiger partial charge >= 0.3 is 0 Å². The molecule has 3 N–H and O–H groups in total. The van der Waals surface area contributed by atoms with Gasteiger partial charge in [-0.2, -0.15) is 0 Å². The minimum atomic E-state index is 0.0713. The molecule has 0 aliphatic rings. The van der Waals surface area contributed by atoms with Crippen molar-refractivity contribution >= 4 is 11.5 Å². The van der Waals surface area contributed by atoms with Gasteiger partial charge in [-0.3, -0.25) is 0 Å². The van der Waals surface area contributed by atoms with Crippen LogP contribution in [-0.2, 0) is 6.54 Å². The third kappa shape index (κ3) is 3.45. The molecule has 0 unspecified atom stereocenters. The summed E-state index contributed by atoms with van der Waals surface area (Å²) in [7, 11) is 0. The summed E-state index contributed by atoms with van der Waals surface area (Å²) in [4.78, 5) is 6.37. The SMILES string of the molecule is Cc1cnc(N(CCO)Cc2ccccc2)c(N)c1. The Bertz CT molecular complexity index is 528. The third-order valence-electron chi connectivity index (χ3n) is 2.92. The zero-order valence-corrected chi connectivity index (χ0v) is 11.1. The molecule has 0 aliphatic heterocycles. The van der Waals surface area contributed by atoms with Crippen molar-refractivity contribution in [3.8, 4) is 0 Å². The quantitative estimate of drug-likeness (QED) is 0.859. The number of aliphatic hydroxyl groups excluding tert-OH is 1. The average molecular weight is 257 g/mol. The predicted octanol–water partition coefficient (Wildman–Crippen LogP) is 1.97. The van der Waals surface area contributed by atoms with Gasteiger partial charge in [0.05, 0.1) is 12.3 Å². The van der Waals surface area contributed by atoms with Crippen LogP contribution in [0, 0.1) is 6.92 Å². The summed E-state index contributed by atoms with van der Waals surface area (Å²) in [6.45, 7) is 3.22. The fourth-order valence-electron chi connectivity index (χ4n) is 2.03. The van der Waals surface area contributed by atoms with Gasteiger partial charge in [0, 0.05) is 19.3 Å². The van der Waals surface area contributed by atoms with E-state index in [-0.39, 0.29) is 6.61 Å². The van der Waals surface area contributed by atoms with Crippen LogP contribution < -0.4 is 10.6 Å². The van der Waals surface area contributed by atoms with Crippen LogP contribution in [-0.4, -0.2) is 23.2 Å². The molecule has 1 heterocycles. The highest BCUT2D eigenvalue weighted by Crippen LogP contribution is 2.22. The number of aromatic nitrogens is 1. The first-order valence-electron chi connectivity index (χ1n) is 6.32. The molecule has 19 heavy (non-hydrogen) atoms. The largest absolute Gasteiger partial charge is 0.396 e. The smallest absolute Gasteiger partial charge is 0.152 e. The van der Waals surface area contributed by atoms with Gasteiger partial charge in [-0.25, -0.2) is 4.98 Å². The van der Waals surface area contributed by atoms with Crippen LogP contribution in [0.5, 0.6) is 0 Å². The second-order valence-electron chi connectivity index (χ2n) is 4.56. The molecule has 4 heteroatoms. The van der Waals surface area contributed by atoms with Gasteiger partial charge in [0.25, 0.3) is 0 Å². The molecular weight excluding hydrogens is 238 g/mol. The molecule has 1 aromatic heterocycles. The zero-order valence-electron chi connectivity index (χ0n) is 11.1. The van der Waals surface area contributed by atoms with E-state index in [4.69, 9.17) is 5.73 Å².